The van der Waals surface area contributed by atoms with Crippen molar-refractivity contribution in [2.24, 2.45) is 0 Å². The number of aliphatic hydroxyl groups excluding tert-OH is 2. The van der Waals surface area contributed by atoms with Gasteiger partial charge in [0, 0.05) is 6.07 Å². The van der Waals surface area contributed by atoms with Gasteiger partial charge < -0.3 is 39.2 Å². The van der Waals surface area contributed by atoms with Gasteiger partial charge in [0.05, 0.1) is 18.1 Å². The number of carbonyl (C=O) groups is 1. The number of ether oxygens (including phenoxy) is 1. The zero-order valence-corrected chi connectivity index (χ0v) is 16.0. The Labute approximate surface area is 173 Å². The fourth-order valence-electron chi connectivity index (χ4n) is 2.05. The van der Waals surface area contributed by atoms with Gasteiger partial charge in [0.2, 0.25) is 0 Å². The molecular formula is C11H13KNO9P. The average molecular weight is 373 g/mol. The van der Waals surface area contributed by atoms with E-state index in [1.807, 2.05) is 0 Å². The summed E-state index contributed by atoms with van der Waals surface area (Å²) >= 11 is 0. The molecule has 1 aliphatic rings. The maximum absolute atomic E-state index is 10.8. The van der Waals surface area contributed by atoms with Gasteiger partial charge in [0.1, 0.15) is 12.2 Å². The van der Waals surface area contributed by atoms with Crippen molar-refractivity contribution in [1.82, 2.24) is 0 Å². The van der Waals surface area contributed by atoms with Crippen molar-refractivity contribution in [1.29, 1.82) is 0 Å². The number of nitrogens with zero attached hydrogens (tertiary/aromatic N) is 1. The molecule has 1 aliphatic heterocycles. The summed E-state index contributed by atoms with van der Waals surface area (Å²) in [6.07, 6.45) is -2.82. The van der Waals surface area contributed by atoms with E-state index in [0.717, 1.165) is 6.20 Å². The maximum Gasteiger partial charge on any atom is 1.00 e. The van der Waals surface area contributed by atoms with Crippen molar-refractivity contribution in [2.75, 3.05) is 6.61 Å². The first-order valence-electron chi connectivity index (χ1n) is 6.11. The Morgan fingerprint density at radius 1 is 1.43 bits per heavy atom. The predicted molar refractivity (Wildman–Crippen MR) is 62.7 cm³/mol. The molecule has 2 heterocycles. The molecule has 1 aromatic heterocycles. The van der Waals surface area contributed by atoms with Crippen LogP contribution in [0.15, 0.2) is 24.5 Å². The molecule has 1 saturated heterocycles. The number of carboxylic acids is 1. The van der Waals surface area contributed by atoms with Gasteiger partial charge in [0.15, 0.2) is 18.5 Å². The maximum atomic E-state index is 10.8. The van der Waals surface area contributed by atoms with E-state index < -0.39 is 44.9 Å². The van der Waals surface area contributed by atoms with Gasteiger partial charge in [-0.25, -0.2) is 0 Å². The van der Waals surface area contributed by atoms with Crippen LogP contribution >= 0.6 is 7.82 Å². The van der Waals surface area contributed by atoms with E-state index in [4.69, 9.17) is 9.63 Å². The van der Waals surface area contributed by atoms with E-state index in [1.54, 1.807) is 0 Å². The summed E-state index contributed by atoms with van der Waals surface area (Å²) in [6.45, 7) is -0.702. The fourth-order valence-corrected chi connectivity index (χ4v) is 2.39. The Hall–Kier alpha value is 0.246. The van der Waals surface area contributed by atoms with Gasteiger partial charge in [-0.15, -0.1) is 0 Å². The molecule has 23 heavy (non-hydrogen) atoms. The summed E-state index contributed by atoms with van der Waals surface area (Å²) in [7, 11) is -4.99. The largest absolute Gasteiger partial charge is 1.00 e. The Morgan fingerprint density at radius 2 is 2.09 bits per heavy atom. The van der Waals surface area contributed by atoms with Gasteiger partial charge in [0.25, 0.3) is 14.1 Å². The average Bonchev–Trinajstić information content (AvgIpc) is 2.72. The molecule has 1 fully saturated rings. The molecule has 0 amide bonds. The standard InChI is InChI=1S/C11H14NO9P.K/c13-8-7(5-20-22(17,18)19)21-10(9(8)14)12-3-1-2-6(4-12)11(15)16;/h1-4,7-10,13-14H,5H2,(H2-,15,16,17,18,19);/q;+1/p-1/t7-,8-,9-,10-;/m1./s1. The third-order valence-electron chi connectivity index (χ3n) is 3.09. The first kappa shape index (κ1) is 21.3. The van der Waals surface area contributed by atoms with E-state index in [0.29, 0.717) is 0 Å². The molecule has 0 radical (unpaired) electrons. The normalized spacial score (nSPS) is 29.6. The molecular weight excluding hydrogens is 360 g/mol. The summed E-state index contributed by atoms with van der Waals surface area (Å²) in [6, 6.07) is 2.64. The van der Waals surface area contributed by atoms with Crippen LogP contribution in [0.4, 0.5) is 0 Å². The van der Waals surface area contributed by atoms with E-state index in [9.17, 15) is 29.6 Å². The zero-order valence-electron chi connectivity index (χ0n) is 12.0. The number of phosphoric acid groups is 1. The molecule has 3 N–H and O–H groups in total. The van der Waals surface area contributed by atoms with Crippen molar-refractivity contribution in [2.45, 2.75) is 24.5 Å². The second-order valence-electron chi connectivity index (χ2n) is 4.64. The number of pyridine rings is 1. The molecule has 1 unspecified atom stereocenters. The van der Waals surface area contributed by atoms with Crippen LogP contribution in [0.3, 0.4) is 0 Å². The molecule has 5 atom stereocenters. The second kappa shape index (κ2) is 8.56. The second-order valence-corrected chi connectivity index (χ2v) is 5.83. The molecule has 2 rings (SSSR count). The fraction of sp³-hybridized carbons (Fsp3) is 0.455. The first-order valence-corrected chi connectivity index (χ1v) is 7.60. The summed E-state index contributed by atoms with van der Waals surface area (Å²) in [5.41, 5.74) is -0.174. The number of phosphoric ester groups is 1. The third kappa shape index (κ3) is 5.63. The van der Waals surface area contributed by atoms with Crippen molar-refractivity contribution >= 4 is 13.8 Å². The third-order valence-corrected chi connectivity index (χ3v) is 3.57. The van der Waals surface area contributed by atoms with Crippen LogP contribution in [0.1, 0.15) is 16.6 Å². The molecule has 1 aromatic rings. The number of rotatable bonds is 5. The van der Waals surface area contributed by atoms with Gasteiger partial charge in [-0.3, -0.25) is 4.57 Å². The van der Waals surface area contributed by atoms with Gasteiger partial charge in [-0.05, 0) is 6.07 Å². The van der Waals surface area contributed by atoms with E-state index in [-0.39, 0.29) is 56.9 Å². The minimum atomic E-state index is -4.99. The summed E-state index contributed by atoms with van der Waals surface area (Å²) in [5.74, 6) is -1.44. The smallest absolute Gasteiger partial charge is 0.756 e. The van der Waals surface area contributed by atoms with Gasteiger partial charge >= 0.3 is 51.4 Å². The van der Waals surface area contributed by atoms with Crippen LogP contribution in [0.2, 0.25) is 0 Å². The van der Waals surface area contributed by atoms with Crippen molar-refractivity contribution in [3.63, 3.8) is 0 Å². The van der Waals surface area contributed by atoms with Crippen molar-refractivity contribution in [3.8, 4) is 0 Å². The summed E-state index contributed by atoms with van der Waals surface area (Å²) < 4.78 is 21.1. The van der Waals surface area contributed by atoms with Crippen molar-refractivity contribution < 1.29 is 99.7 Å². The summed E-state index contributed by atoms with van der Waals surface area (Å²) in [4.78, 5) is 29.8. The number of aliphatic hydroxyl groups is 2. The minimum absolute atomic E-state index is 0. The van der Waals surface area contributed by atoms with E-state index in [1.165, 1.54) is 22.9 Å². The van der Waals surface area contributed by atoms with Gasteiger partial charge in [-0.1, -0.05) is 0 Å². The number of aromatic nitrogens is 1. The SMILES string of the molecule is O=C([O-])c1ccc[n+]([C@@H]2O[C@H](COP(=O)([O-])O)[C@@H](O)[C@H]2O)c1.[K+]. The molecule has 0 aliphatic carbocycles. The number of aromatic carboxylic acids is 1. The van der Waals surface area contributed by atoms with E-state index >= 15 is 0 Å². The minimum Gasteiger partial charge on any atom is -0.756 e. The van der Waals surface area contributed by atoms with Crippen LogP contribution in [0.25, 0.3) is 0 Å². The van der Waals surface area contributed by atoms with E-state index in [2.05, 4.69) is 4.52 Å². The van der Waals surface area contributed by atoms with Crippen LogP contribution in [-0.2, 0) is 13.8 Å². The Balaban J connectivity index is 0.00000264. The number of carbonyl (C=O) groups excluding carboxylic acids is 1. The summed E-state index contributed by atoms with van der Waals surface area (Å²) in [5, 5.41) is 30.5. The number of carboxylic acid groups (broad SMARTS) is 1. The molecule has 0 saturated carbocycles. The Bertz CT molecular complexity index is 609. The Kier molecular flexibility index (Phi) is 7.93. The molecule has 0 aromatic carbocycles. The molecule has 0 bridgehead atoms. The van der Waals surface area contributed by atoms with Crippen molar-refractivity contribution in [3.05, 3.63) is 30.1 Å². The van der Waals surface area contributed by atoms with Crippen LogP contribution < -0.4 is 66.0 Å². The predicted octanol–water partition coefficient (Wildman–Crippen LogP) is -6.56. The van der Waals surface area contributed by atoms with Crippen LogP contribution in [-0.4, -0.2) is 46.0 Å². The van der Waals surface area contributed by atoms with Crippen LogP contribution in [0, 0.1) is 0 Å². The first-order chi connectivity index (χ1) is 10.2. The molecule has 122 valence electrons. The van der Waals surface area contributed by atoms with Crippen LogP contribution in [0.5, 0.6) is 0 Å². The van der Waals surface area contributed by atoms with Gasteiger partial charge in [-0.2, -0.15) is 4.57 Å². The number of hydrogen-bond donors (Lipinski definition) is 3. The number of hydrogen-bond acceptors (Lipinski definition) is 8. The zero-order chi connectivity index (χ0) is 16.5. The molecule has 10 nitrogen and oxygen atoms in total. The topological polar surface area (TPSA) is 163 Å². The molecule has 0 spiro atoms. The monoisotopic (exact) mass is 373 g/mol. The molecule has 12 heteroatoms. The quantitative estimate of drug-likeness (QED) is 0.259. The Morgan fingerprint density at radius 3 is 2.65 bits per heavy atom.